The topological polar surface area (TPSA) is 118 Å². The molecule has 0 saturated heterocycles. The Balaban J connectivity index is 2.13. The number of nitrogens with one attached hydrogen (secondary N) is 2. The molecule has 0 bridgehead atoms. The first-order chi connectivity index (χ1) is 13.3. The van der Waals surface area contributed by atoms with Crippen LogP contribution in [-0.2, 0) is 9.59 Å². The summed E-state index contributed by atoms with van der Waals surface area (Å²) in [6, 6.07) is 1.51. The highest BCUT2D eigenvalue weighted by Gasteiger charge is 2.39. The predicted molar refractivity (Wildman–Crippen MR) is 104 cm³/mol. The molecule has 28 heavy (non-hydrogen) atoms. The Kier molecular flexibility index (Phi) is 4.21. The van der Waals surface area contributed by atoms with Gasteiger partial charge >= 0.3 is 5.97 Å². The largest absolute Gasteiger partial charge is 0.477 e. The smallest absolute Gasteiger partial charge is 0.341 e. The van der Waals surface area contributed by atoms with Crippen LogP contribution in [0.3, 0.4) is 0 Å². The fraction of sp³-hybridized carbons (Fsp3) is 0.400. The zero-order chi connectivity index (χ0) is 20.2. The second-order valence-electron chi connectivity index (χ2n) is 7.51. The lowest BCUT2D eigenvalue weighted by atomic mass is 9.81. The maximum Gasteiger partial charge on any atom is 0.341 e. The summed E-state index contributed by atoms with van der Waals surface area (Å²) < 4.78 is 1.89. The molecule has 8 heteroatoms. The highest BCUT2D eigenvalue weighted by molar-refractivity contribution is 6.06. The van der Waals surface area contributed by atoms with Gasteiger partial charge in [0.05, 0.1) is 16.9 Å². The predicted octanol–water partition coefficient (Wildman–Crippen LogP) is 2.83. The maximum absolute atomic E-state index is 12.9. The number of carboxylic acid groups (broad SMARTS) is 1. The van der Waals surface area contributed by atoms with E-state index in [9.17, 15) is 24.3 Å². The standard InChI is InChI=1S/C20H21N3O5/c1-9(24)21-14-7-12-18-16(17(14)22-10(2)25)11-5-3-4-6-15(11)23(18)8-13(19(12)26)20(27)28/h7-8,11,15H,3-6H2,1-2H3,(H,21,24)(H,22,25)(H,27,28). The molecule has 2 atom stereocenters. The molecule has 1 aliphatic carbocycles. The van der Waals surface area contributed by atoms with Gasteiger partial charge in [-0.15, -0.1) is 0 Å². The van der Waals surface area contributed by atoms with E-state index < -0.39 is 11.4 Å². The highest BCUT2D eigenvalue weighted by Crippen LogP contribution is 2.53. The quantitative estimate of drug-likeness (QED) is 0.753. The molecule has 0 radical (unpaired) electrons. The SMILES string of the molecule is CC(=O)Nc1cc2c(=O)c(C(=O)O)cn3c2c(c1NC(C)=O)C1CCCCC13. The molecule has 2 aliphatic rings. The first kappa shape index (κ1) is 18.2. The van der Waals surface area contributed by atoms with Crippen molar-refractivity contribution in [3.8, 4) is 0 Å². The highest BCUT2D eigenvalue weighted by atomic mass is 16.4. The molecule has 8 nitrogen and oxygen atoms in total. The van der Waals surface area contributed by atoms with Gasteiger partial charge in [-0.1, -0.05) is 12.8 Å². The van der Waals surface area contributed by atoms with Crippen molar-refractivity contribution in [3.63, 3.8) is 0 Å². The zero-order valence-corrected chi connectivity index (χ0v) is 15.7. The molecule has 1 aromatic carbocycles. The normalized spacial score (nSPS) is 19.9. The van der Waals surface area contributed by atoms with E-state index in [1.807, 2.05) is 4.57 Å². The third kappa shape index (κ3) is 2.67. The van der Waals surface area contributed by atoms with Crippen LogP contribution in [0.15, 0.2) is 17.1 Å². The fourth-order valence-corrected chi connectivity index (χ4v) is 4.71. The number of aromatic carboxylic acids is 1. The lowest BCUT2D eigenvalue weighted by Crippen LogP contribution is -2.20. The monoisotopic (exact) mass is 383 g/mol. The molecule has 1 aromatic heterocycles. The first-order valence-corrected chi connectivity index (χ1v) is 9.33. The van der Waals surface area contributed by atoms with E-state index in [-0.39, 0.29) is 34.7 Å². The van der Waals surface area contributed by atoms with Gasteiger partial charge in [-0.3, -0.25) is 14.4 Å². The number of hydrogen-bond donors (Lipinski definition) is 3. The molecule has 1 saturated carbocycles. The lowest BCUT2D eigenvalue weighted by molar-refractivity contribution is -0.115. The number of rotatable bonds is 3. The van der Waals surface area contributed by atoms with Crippen LogP contribution in [-0.4, -0.2) is 27.5 Å². The van der Waals surface area contributed by atoms with Gasteiger partial charge in [0, 0.05) is 43.0 Å². The van der Waals surface area contributed by atoms with Crippen molar-refractivity contribution in [2.75, 3.05) is 10.6 Å². The molecule has 1 aliphatic heterocycles. The molecule has 0 spiro atoms. The maximum atomic E-state index is 12.9. The number of carboxylic acids is 1. The number of pyridine rings is 1. The van der Waals surface area contributed by atoms with Crippen LogP contribution >= 0.6 is 0 Å². The first-order valence-electron chi connectivity index (χ1n) is 9.33. The van der Waals surface area contributed by atoms with Gasteiger partial charge in [0.1, 0.15) is 5.56 Å². The second kappa shape index (κ2) is 6.47. The molecule has 146 valence electrons. The van der Waals surface area contributed by atoms with Crippen LogP contribution in [0.25, 0.3) is 10.9 Å². The van der Waals surface area contributed by atoms with Crippen molar-refractivity contribution in [1.29, 1.82) is 0 Å². The average Bonchev–Trinajstić information content (AvgIpc) is 2.94. The van der Waals surface area contributed by atoms with Crippen LogP contribution < -0.4 is 16.1 Å². The molecule has 2 aromatic rings. The molecule has 2 unspecified atom stereocenters. The van der Waals surface area contributed by atoms with Gasteiger partial charge in [-0.25, -0.2) is 4.79 Å². The number of amides is 2. The zero-order valence-electron chi connectivity index (χ0n) is 15.7. The summed E-state index contributed by atoms with van der Waals surface area (Å²) in [4.78, 5) is 48.1. The summed E-state index contributed by atoms with van der Waals surface area (Å²) in [7, 11) is 0. The summed E-state index contributed by atoms with van der Waals surface area (Å²) in [6.07, 6.45) is 5.19. The Morgan fingerprint density at radius 1 is 1.11 bits per heavy atom. The molecule has 3 N–H and O–H groups in total. The molecule has 4 rings (SSSR count). The number of carbonyl (C=O) groups is 3. The Morgan fingerprint density at radius 2 is 1.79 bits per heavy atom. The minimum Gasteiger partial charge on any atom is -0.477 e. The third-order valence-corrected chi connectivity index (χ3v) is 5.65. The number of anilines is 2. The summed E-state index contributed by atoms with van der Waals surface area (Å²) in [6.45, 7) is 2.73. The Hall–Kier alpha value is -3.16. The Labute approximate surface area is 160 Å². The number of benzene rings is 1. The number of fused-ring (bicyclic) bond motifs is 3. The summed E-state index contributed by atoms with van der Waals surface area (Å²) >= 11 is 0. The molecular weight excluding hydrogens is 362 g/mol. The molecule has 1 fully saturated rings. The van der Waals surface area contributed by atoms with Crippen molar-refractivity contribution in [2.45, 2.75) is 51.5 Å². The third-order valence-electron chi connectivity index (χ3n) is 5.65. The van der Waals surface area contributed by atoms with Crippen LogP contribution in [0.1, 0.15) is 67.4 Å². The van der Waals surface area contributed by atoms with E-state index in [1.54, 1.807) is 0 Å². The van der Waals surface area contributed by atoms with E-state index in [4.69, 9.17) is 0 Å². The van der Waals surface area contributed by atoms with Crippen LogP contribution in [0.5, 0.6) is 0 Å². The van der Waals surface area contributed by atoms with Gasteiger partial charge < -0.3 is 20.3 Å². The van der Waals surface area contributed by atoms with E-state index in [1.165, 1.54) is 26.1 Å². The number of hydrogen-bond acceptors (Lipinski definition) is 4. The average molecular weight is 383 g/mol. The van der Waals surface area contributed by atoms with E-state index in [2.05, 4.69) is 10.6 Å². The number of nitrogens with zero attached hydrogens (tertiary/aromatic N) is 1. The van der Waals surface area contributed by atoms with Gasteiger partial charge in [-0.05, 0) is 18.9 Å². The minimum absolute atomic E-state index is 0.0324. The summed E-state index contributed by atoms with van der Waals surface area (Å²) in [5, 5.41) is 15.3. The van der Waals surface area contributed by atoms with Gasteiger partial charge in [0.25, 0.3) is 0 Å². The van der Waals surface area contributed by atoms with Crippen LogP contribution in [0.4, 0.5) is 11.4 Å². The lowest BCUT2D eigenvalue weighted by Gasteiger charge is -2.28. The van der Waals surface area contributed by atoms with Crippen molar-refractivity contribution in [2.24, 2.45) is 0 Å². The molecular formula is C20H21N3O5. The summed E-state index contributed by atoms with van der Waals surface area (Å²) in [5.74, 6) is -1.85. The van der Waals surface area contributed by atoms with Crippen molar-refractivity contribution in [3.05, 3.63) is 33.6 Å². The van der Waals surface area contributed by atoms with Crippen molar-refractivity contribution >= 4 is 40.1 Å². The Bertz CT molecular complexity index is 1100. The van der Waals surface area contributed by atoms with Crippen LogP contribution in [0.2, 0.25) is 0 Å². The van der Waals surface area contributed by atoms with E-state index in [0.29, 0.717) is 16.9 Å². The van der Waals surface area contributed by atoms with Crippen molar-refractivity contribution < 1.29 is 19.5 Å². The van der Waals surface area contributed by atoms with Crippen LogP contribution in [0, 0.1) is 0 Å². The van der Waals surface area contributed by atoms with E-state index >= 15 is 0 Å². The molecule has 2 amide bonds. The number of aromatic nitrogens is 1. The van der Waals surface area contributed by atoms with E-state index in [0.717, 1.165) is 31.2 Å². The van der Waals surface area contributed by atoms with Gasteiger partial charge in [0.2, 0.25) is 17.2 Å². The fourth-order valence-electron chi connectivity index (χ4n) is 4.71. The summed E-state index contributed by atoms with van der Waals surface area (Å²) in [5.41, 5.74) is 1.42. The van der Waals surface area contributed by atoms with Crippen molar-refractivity contribution in [1.82, 2.24) is 4.57 Å². The van der Waals surface area contributed by atoms with Gasteiger partial charge in [0.15, 0.2) is 0 Å². The van der Waals surface area contributed by atoms with Gasteiger partial charge in [-0.2, -0.15) is 0 Å². The number of carbonyl (C=O) groups excluding carboxylic acids is 2. The molecule has 2 heterocycles. The Morgan fingerprint density at radius 3 is 2.43 bits per heavy atom. The second-order valence-corrected chi connectivity index (χ2v) is 7.51. The minimum atomic E-state index is -1.27.